The first-order chi connectivity index (χ1) is 9.54. The minimum atomic E-state index is 0.469. The highest BCUT2D eigenvalue weighted by molar-refractivity contribution is 14.1. The van der Waals surface area contributed by atoms with Crippen molar-refractivity contribution in [2.24, 2.45) is 0 Å². The summed E-state index contributed by atoms with van der Waals surface area (Å²) in [6, 6.07) is 12.4. The van der Waals surface area contributed by atoms with E-state index in [9.17, 15) is 0 Å². The van der Waals surface area contributed by atoms with Gasteiger partial charge in [-0.3, -0.25) is 0 Å². The van der Waals surface area contributed by atoms with E-state index >= 15 is 0 Å². The van der Waals surface area contributed by atoms with Crippen LogP contribution in [0.3, 0.4) is 0 Å². The van der Waals surface area contributed by atoms with Crippen LogP contribution in [0.4, 0.5) is 0 Å². The Morgan fingerprint density at radius 3 is 2.70 bits per heavy atom. The molecule has 0 bridgehead atoms. The van der Waals surface area contributed by atoms with Crippen LogP contribution in [0.25, 0.3) is 0 Å². The Hall–Kier alpha value is -1.14. The molecule has 106 valence electrons. The molecule has 0 aliphatic carbocycles. The largest absolute Gasteiger partial charge is 0.439 e. The molecule has 1 N–H and O–H groups in total. The van der Waals surface area contributed by atoms with Gasteiger partial charge < -0.3 is 10.1 Å². The van der Waals surface area contributed by atoms with E-state index < -0.39 is 0 Å². The fourth-order valence-electron chi connectivity index (χ4n) is 1.78. The lowest BCUT2D eigenvalue weighted by molar-refractivity contribution is 0.460. The SMILES string of the molecule is Cc1nc(Oc2cccc(I)c2)ccc1CNC(C)C. The molecule has 1 heterocycles. The van der Waals surface area contributed by atoms with Crippen molar-refractivity contribution in [2.75, 3.05) is 0 Å². The number of aryl methyl sites for hydroxylation is 1. The number of rotatable bonds is 5. The molecule has 0 aliphatic heterocycles. The molecule has 0 atom stereocenters. The average molecular weight is 382 g/mol. The molecule has 0 saturated heterocycles. The van der Waals surface area contributed by atoms with E-state index in [-0.39, 0.29) is 0 Å². The highest BCUT2D eigenvalue weighted by atomic mass is 127. The van der Waals surface area contributed by atoms with Gasteiger partial charge in [-0.05, 0) is 53.3 Å². The van der Waals surface area contributed by atoms with Gasteiger partial charge in [-0.15, -0.1) is 0 Å². The number of aromatic nitrogens is 1. The molecular formula is C16H19IN2O. The lowest BCUT2D eigenvalue weighted by Gasteiger charge is -2.11. The van der Waals surface area contributed by atoms with Crippen molar-refractivity contribution in [3.8, 4) is 11.6 Å². The quantitative estimate of drug-likeness (QED) is 0.784. The molecule has 2 rings (SSSR count). The third-order valence-electron chi connectivity index (χ3n) is 2.89. The maximum absolute atomic E-state index is 5.78. The van der Waals surface area contributed by atoms with E-state index in [2.05, 4.69) is 52.8 Å². The highest BCUT2D eigenvalue weighted by Gasteiger charge is 2.05. The van der Waals surface area contributed by atoms with Crippen LogP contribution >= 0.6 is 22.6 Å². The average Bonchev–Trinajstić information content (AvgIpc) is 2.37. The molecule has 0 aliphatic rings. The minimum absolute atomic E-state index is 0.469. The fourth-order valence-corrected chi connectivity index (χ4v) is 2.29. The van der Waals surface area contributed by atoms with Crippen LogP contribution < -0.4 is 10.1 Å². The first kappa shape index (κ1) is 15.3. The van der Waals surface area contributed by atoms with Gasteiger partial charge in [0, 0.05) is 27.9 Å². The Morgan fingerprint density at radius 2 is 2.05 bits per heavy atom. The monoisotopic (exact) mass is 382 g/mol. The third-order valence-corrected chi connectivity index (χ3v) is 3.56. The van der Waals surface area contributed by atoms with Crippen LogP contribution in [0.1, 0.15) is 25.1 Å². The molecule has 0 radical (unpaired) electrons. The second kappa shape index (κ2) is 7.04. The number of hydrogen-bond acceptors (Lipinski definition) is 3. The van der Waals surface area contributed by atoms with Crippen LogP contribution in [0.5, 0.6) is 11.6 Å². The van der Waals surface area contributed by atoms with E-state index in [1.54, 1.807) is 0 Å². The van der Waals surface area contributed by atoms with Crippen LogP contribution in [0, 0.1) is 10.5 Å². The summed E-state index contributed by atoms with van der Waals surface area (Å²) in [6.07, 6.45) is 0. The molecule has 0 unspecified atom stereocenters. The zero-order valence-electron chi connectivity index (χ0n) is 12.0. The Kier molecular flexibility index (Phi) is 5.37. The van der Waals surface area contributed by atoms with Crippen LogP contribution in [0.2, 0.25) is 0 Å². The summed E-state index contributed by atoms with van der Waals surface area (Å²) in [4.78, 5) is 4.51. The summed E-state index contributed by atoms with van der Waals surface area (Å²) in [5.41, 5.74) is 2.20. The van der Waals surface area contributed by atoms with Gasteiger partial charge in [0.1, 0.15) is 5.75 Å². The summed E-state index contributed by atoms with van der Waals surface area (Å²) in [5, 5.41) is 3.40. The minimum Gasteiger partial charge on any atom is -0.439 e. The van der Waals surface area contributed by atoms with Crippen LogP contribution in [-0.2, 0) is 6.54 Å². The summed E-state index contributed by atoms with van der Waals surface area (Å²) in [7, 11) is 0. The molecule has 1 aromatic carbocycles. The van der Waals surface area contributed by atoms with E-state index in [0.717, 1.165) is 21.6 Å². The fraction of sp³-hybridized carbons (Fsp3) is 0.312. The molecule has 1 aromatic heterocycles. The number of pyridine rings is 1. The maximum Gasteiger partial charge on any atom is 0.219 e. The normalized spacial score (nSPS) is 10.8. The molecule has 0 fully saturated rings. The maximum atomic E-state index is 5.78. The lowest BCUT2D eigenvalue weighted by atomic mass is 10.2. The standard InChI is InChI=1S/C16H19IN2O/c1-11(2)18-10-13-7-8-16(19-12(13)3)20-15-6-4-5-14(17)9-15/h4-9,11,18H,10H2,1-3H3. The van der Waals surface area contributed by atoms with Crippen molar-refractivity contribution in [3.05, 3.63) is 51.2 Å². The molecule has 4 heteroatoms. The Labute approximate surface area is 133 Å². The lowest BCUT2D eigenvalue weighted by Crippen LogP contribution is -2.22. The molecule has 0 spiro atoms. The number of ether oxygens (including phenoxy) is 1. The van der Waals surface area contributed by atoms with Crippen molar-refractivity contribution in [3.63, 3.8) is 0 Å². The van der Waals surface area contributed by atoms with Gasteiger partial charge in [-0.25, -0.2) is 4.98 Å². The molecular weight excluding hydrogens is 363 g/mol. The van der Waals surface area contributed by atoms with Crippen LogP contribution in [-0.4, -0.2) is 11.0 Å². The zero-order valence-corrected chi connectivity index (χ0v) is 14.1. The number of halogens is 1. The molecule has 20 heavy (non-hydrogen) atoms. The predicted molar refractivity (Wildman–Crippen MR) is 90.2 cm³/mol. The van der Waals surface area contributed by atoms with Gasteiger partial charge >= 0.3 is 0 Å². The summed E-state index contributed by atoms with van der Waals surface area (Å²) >= 11 is 2.27. The first-order valence-corrected chi connectivity index (χ1v) is 7.76. The van der Waals surface area contributed by atoms with Crippen molar-refractivity contribution < 1.29 is 4.74 Å². The Morgan fingerprint density at radius 1 is 1.25 bits per heavy atom. The molecule has 0 saturated carbocycles. The van der Waals surface area contributed by atoms with Crippen molar-refractivity contribution in [2.45, 2.75) is 33.4 Å². The van der Waals surface area contributed by atoms with Crippen molar-refractivity contribution in [1.82, 2.24) is 10.3 Å². The van der Waals surface area contributed by atoms with Gasteiger partial charge in [0.15, 0.2) is 0 Å². The van der Waals surface area contributed by atoms with E-state index in [1.807, 2.05) is 37.3 Å². The van der Waals surface area contributed by atoms with Gasteiger partial charge in [0.25, 0.3) is 0 Å². The smallest absolute Gasteiger partial charge is 0.219 e. The summed E-state index contributed by atoms with van der Waals surface area (Å²) in [6.45, 7) is 7.12. The predicted octanol–water partition coefficient (Wildman–Crippen LogP) is 4.28. The van der Waals surface area contributed by atoms with Gasteiger partial charge in [0.05, 0.1) is 0 Å². The Bertz CT molecular complexity index is 584. The second-order valence-corrected chi connectivity index (χ2v) is 6.23. The van der Waals surface area contributed by atoms with Crippen LogP contribution in [0.15, 0.2) is 36.4 Å². The Balaban J connectivity index is 2.09. The molecule has 0 amide bonds. The molecule has 2 aromatic rings. The van der Waals surface area contributed by atoms with Gasteiger partial charge in [-0.2, -0.15) is 0 Å². The van der Waals surface area contributed by atoms with Crippen molar-refractivity contribution >= 4 is 22.6 Å². The van der Waals surface area contributed by atoms with E-state index in [4.69, 9.17) is 4.74 Å². The van der Waals surface area contributed by atoms with Gasteiger partial charge in [-0.1, -0.05) is 26.0 Å². The van der Waals surface area contributed by atoms with Gasteiger partial charge in [0.2, 0.25) is 5.88 Å². The first-order valence-electron chi connectivity index (χ1n) is 6.68. The zero-order chi connectivity index (χ0) is 14.5. The summed E-state index contributed by atoms with van der Waals surface area (Å²) < 4.78 is 6.93. The highest BCUT2D eigenvalue weighted by Crippen LogP contribution is 2.22. The number of benzene rings is 1. The topological polar surface area (TPSA) is 34.1 Å². The van der Waals surface area contributed by atoms with E-state index in [0.29, 0.717) is 11.9 Å². The second-order valence-electron chi connectivity index (χ2n) is 4.99. The number of nitrogens with one attached hydrogen (secondary N) is 1. The molecule has 3 nitrogen and oxygen atoms in total. The number of nitrogens with zero attached hydrogens (tertiary/aromatic N) is 1. The summed E-state index contributed by atoms with van der Waals surface area (Å²) in [5.74, 6) is 1.45. The number of hydrogen-bond donors (Lipinski definition) is 1. The van der Waals surface area contributed by atoms with Crippen molar-refractivity contribution in [1.29, 1.82) is 0 Å². The third kappa shape index (κ3) is 4.45. The van der Waals surface area contributed by atoms with E-state index in [1.165, 1.54) is 5.56 Å².